The molecule has 0 bridgehead atoms. The number of sulfonamides is 1. The molecular formula is C24H17F4N3O3S. The van der Waals surface area contributed by atoms with Crippen molar-refractivity contribution in [2.45, 2.75) is 11.1 Å². The Morgan fingerprint density at radius 2 is 1.69 bits per heavy atom. The molecule has 0 saturated heterocycles. The molecule has 180 valence electrons. The first-order chi connectivity index (χ1) is 16.6. The summed E-state index contributed by atoms with van der Waals surface area (Å²) in [7, 11) is -4.37. The molecule has 4 rings (SSSR count). The maximum atomic E-state index is 13.7. The molecule has 1 amide bonds. The fourth-order valence-electron chi connectivity index (χ4n) is 3.46. The number of carbonyl (C=O) groups is 1. The quantitative estimate of drug-likeness (QED) is 0.366. The number of halogens is 4. The number of anilines is 2. The highest BCUT2D eigenvalue weighted by molar-refractivity contribution is 7.93. The predicted octanol–water partition coefficient (Wildman–Crippen LogP) is 5.23. The van der Waals surface area contributed by atoms with Crippen LogP contribution < -0.4 is 9.62 Å². The molecule has 0 fully saturated rings. The summed E-state index contributed by atoms with van der Waals surface area (Å²) < 4.78 is 80.7. The molecule has 0 atom stereocenters. The van der Waals surface area contributed by atoms with Crippen molar-refractivity contribution in [3.63, 3.8) is 0 Å². The average molecular weight is 503 g/mol. The zero-order valence-electron chi connectivity index (χ0n) is 17.8. The summed E-state index contributed by atoms with van der Waals surface area (Å²) in [6.45, 7) is -0.772. The molecule has 1 N–H and O–H groups in total. The number of aromatic nitrogens is 1. The highest BCUT2D eigenvalue weighted by atomic mass is 32.2. The molecule has 0 spiro atoms. The molecule has 0 saturated carbocycles. The van der Waals surface area contributed by atoms with E-state index in [9.17, 15) is 30.8 Å². The third-order valence-corrected chi connectivity index (χ3v) is 6.92. The molecule has 11 heteroatoms. The summed E-state index contributed by atoms with van der Waals surface area (Å²) in [6.07, 6.45) is -1.71. The minimum absolute atomic E-state index is 0.00310. The number of hydrogen-bond acceptors (Lipinski definition) is 4. The van der Waals surface area contributed by atoms with E-state index in [4.69, 9.17) is 0 Å². The van der Waals surface area contributed by atoms with Gasteiger partial charge in [0.2, 0.25) is 5.91 Å². The zero-order chi connectivity index (χ0) is 25.2. The molecule has 35 heavy (non-hydrogen) atoms. The molecule has 1 aromatic heterocycles. The van der Waals surface area contributed by atoms with Gasteiger partial charge in [-0.1, -0.05) is 18.2 Å². The van der Waals surface area contributed by atoms with Crippen LogP contribution in [0.5, 0.6) is 0 Å². The predicted molar refractivity (Wildman–Crippen MR) is 123 cm³/mol. The van der Waals surface area contributed by atoms with E-state index in [0.717, 1.165) is 34.6 Å². The number of fused-ring (bicyclic) bond motifs is 1. The van der Waals surface area contributed by atoms with Crippen molar-refractivity contribution in [1.29, 1.82) is 0 Å². The van der Waals surface area contributed by atoms with Crippen molar-refractivity contribution in [3.05, 3.63) is 96.6 Å². The summed E-state index contributed by atoms with van der Waals surface area (Å²) >= 11 is 0. The van der Waals surface area contributed by atoms with Gasteiger partial charge < -0.3 is 5.32 Å². The van der Waals surface area contributed by atoms with Crippen molar-refractivity contribution < 1.29 is 30.8 Å². The summed E-state index contributed by atoms with van der Waals surface area (Å²) in [5.41, 5.74) is -1.13. The van der Waals surface area contributed by atoms with Crippen LogP contribution in [0, 0.1) is 5.82 Å². The van der Waals surface area contributed by atoms with E-state index < -0.39 is 40.0 Å². The second-order valence-corrected chi connectivity index (χ2v) is 9.30. The maximum absolute atomic E-state index is 13.7. The van der Waals surface area contributed by atoms with Crippen LogP contribution >= 0.6 is 0 Å². The van der Waals surface area contributed by atoms with Crippen molar-refractivity contribution in [1.82, 2.24) is 4.98 Å². The Balaban J connectivity index is 1.71. The van der Waals surface area contributed by atoms with E-state index in [1.54, 1.807) is 6.07 Å². The first-order valence-corrected chi connectivity index (χ1v) is 11.6. The van der Waals surface area contributed by atoms with Crippen LogP contribution in [0.15, 0.2) is 90.1 Å². The Bertz CT molecular complexity index is 1480. The summed E-state index contributed by atoms with van der Waals surface area (Å²) in [6, 6.07) is 14.5. The van der Waals surface area contributed by atoms with Crippen LogP contribution in [0.3, 0.4) is 0 Å². The zero-order valence-corrected chi connectivity index (χ0v) is 18.6. The van der Waals surface area contributed by atoms with E-state index in [0.29, 0.717) is 10.8 Å². The number of carbonyl (C=O) groups excluding carboxylic acids is 1. The smallest absolute Gasteiger partial charge is 0.325 e. The molecule has 0 unspecified atom stereocenters. The van der Waals surface area contributed by atoms with Gasteiger partial charge in [0.1, 0.15) is 12.4 Å². The Labute approximate surface area is 197 Å². The van der Waals surface area contributed by atoms with Crippen LogP contribution in [-0.4, -0.2) is 25.9 Å². The molecule has 0 radical (unpaired) electrons. The topological polar surface area (TPSA) is 79.4 Å². The van der Waals surface area contributed by atoms with E-state index in [-0.39, 0.29) is 16.3 Å². The molecule has 0 aliphatic heterocycles. The number of nitrogens with zero attached hydrogens (tertiary/aromatic N) is 2. The van der Waals surface area contributed by atoms with Crippen LogP contribution in [0.1, 0.15) is 5.56 Å². The fraction of sp³-hybridized carbons (Fsp3) is 0.0833. The van der Waals surface area contributed by atoms with Crippen molar-refractivity contribution >= 4 is 38.1 Å². The van der Waals surface area contributed by atoms with Gasteiger partial charge in [0.05, 0.1) is 16.1 Å². The number of nitrogens with one attached hydrogen (secondary N) is 1. The lowest BCUT2D eigenvalue weighted by Crippen LogP contribution is -2.38. The van der Waals surface area contributed by atoms with Gasteiger partial charge in [0.25, 0.3) is 10.0 Å². The first kappa shape index (κ1) is 24.1. The second-order valence-electron chi connectivity index (χ2n) is 7.47. The number of rotatable bonds is 6. The lowest BCUT2D eigenvalue weighted by Gasteiger charge is -2.25. The number of alkyl halides is 3. The van der Waals surface area contributed by atoms with Gasteiger partial charge in [-0.15, -0.1) is 0 Å². The SMILES string of the molecule is O=C(CN(c1ccc(F)cc1)S(=O)(=O)c1cccc2cnccc12)Nc1cccc(C(F)(F)F)c1. The van der Waals surface area contributed by atoms with Gasteiger partial charge in [-0.05, 0) is 54.6 Å². The maximum Gasteiger partial charge on any atom is 0.416 e. The van der Waals surface area contributed by atoms with E-state index in [2.05, 4.69) is 10.3 Å². The number of amides is 1. The third kappa shape index (κ3) is 5.24. The fourth-order valence-corrected chi connectivity index (χ4v) is 5.10. The Kier molecular flexibility index (Phi) is 6.44. The average Bonchev–Trinajstić information content (AvgIpc) is 2.82. The summed E-state index contributed by atoms with van der Waals surface area (Å²) in [4.78, 5) is 16.6. The second kappa shape index (κ2) is 9.34. The van der Waals surface area contributed by atoms with Crippen molar-refractivity contribution in [2.75, 3.05) is 16.2 Å². The van der Waals surface area contributed by atoms with Crippen molar-refractivity contribution in [2.24, 2.45) is 0 Å². The Morgan fingerprint density at radius 3 is 2.40 bits per heavy atom. The molecule has 1 heterocycles. The van der Waals surface area contributed by atoms with Gasteiger partial charge in [-0.25, -0.2) is 12.8 Å². The molecule has 4 aromatic rings. The monoisotopic (exact) mass is 503 g/mol. The minimum Gasteiger partial charge on any atom is -0.325 e. The molecule has 3 aromatic carbocycles. The number of pyridine rings is 1. The van der Waals surface area contributed by atoms with Gasteiger partial charge in [0.15, 0.2) is 0 Å². The van der Waals surface area contributed by atoms with E-state index in [1.807, 2.05) is 0 Å². The number of hydrogen-bond donors (Lipinski definition) is 1. The Hall–Kier alpha value is -3.99. The first-order valence-electron chi connectivity index (χ1n) is 10.1. The molecular weight excluding hydrogens is 486 g/mol. The normalized spacial score (nSPS) is 11.9. The standard InChI is InChI=1S/C24H17F4N3O3S/c25-18-7-9-20(10-8-18)31(15-23(32)30-19-5-2-4-17(13-19)24(26,27)28)35(33,34)22-6-1-3-16-14-29-12-11-21(16)22/h1-14H,15H2,(H,30,32). The lowest BCUT2D eigenvalue weighted by atomic mass is 10.2. The van der Waals surface area contributed by atoms with E-state index in [1.165, 1.54) is 48.8 Å². The van der Waals surface area contributed by atoms with Crippen LogP contribution in [0.25, 0.3) is 10.8 Å². The Morgan fingerprint density at radius 1 is 0.971 bits per heavy atom. The molecule has 0 aliphatic carbocycles. The highest BCUT2D eigenvalue weighted by Crippen LogP contribution is 2.31. The van der Waals surface area contributed by atoms with Gasteiger partial charge in [0, 0.05) is 28.9 Å². The minimum atomic E-state index is -4.62. The van der Waals surface area contributed by atoms with Gasteiger partial charge in [-0.3, -0.25) is 14.1 Å². The van der Waals surface area contributed by atoms with E-state index >= 15 is 0 Å². The van der Waals surface area contributed by atoms with Crippen LogP contribution in [0.2, 0.25) is 0 Å². The lowest BCUT2D eigenvalue weighted by molar-refractivity contribution is -0.137. The van der Waals surface area contributed by atoms with Crippen LogP contribution in [-0.2, 0) is 21.0 Å². The van der Waals surface area contributed by atoms with Crippen LogP contribution in [0.4, 0.5) is 28.9 Å². The van der Waals surface area contributed by atoms with Crippen molar-refractivity contribution in [3.8, 4) is 0 Å². The van der Waals surface area contributed by atoms with Gasteiger partial charge >= 0.3 is 6.18 Å². The highest BCUT2D eigenvalue weighted by Gasteiger charge is 2.31. The molecule has 6 nitrogen and oxygen atoms in total. The third-order valence-electron chi connectivity index (χ3n) is 5.08. The summed E-state index contributed by atoms with van der Waals surface area (Å²) in [5, 5.41) is 3.19. The summed E-state index contributed by atoms with van der Waals surface area (Å²) in [5.74, 6) is -1.50. The molecule has 0 aliphatic rings. The largest absolute Gasteiger partial charge is 0.416 e. The van der Waals surface area contributed by atoms with Gasteiger partial charge in [-0.2, -0.15) is 13.2 Å². The number of benzene rings is 3.